The topological polar surface area (TPSA) is 19.4 Å². The smallest absolute Gasteiger partial charge is 0.110 e. The molecule has 1 aromatic heterocycles. The highest BCUT2D eigenvalue weighted by Crippen LogP contribution is 2.25. The zero-order valence-corrected chi connectivity index (χ0v) is 12.1. The summed E-state index contributed by atoms with van der Waals surface area (Å²) in [6.45, 7) is 10.3. The molecule has 1 aliphatic rings. The average Bonchev–Trinajstić information content (AvgIpc) is 2.87. The second-order valence-corrected chi connectivity index (χ2v) is 5.61. The van der Waals surface area contributed by atoms with Crippen LogP contribution in [0.15, 0.2) is 5.38 Å². The summed E-state index contributed by atoms with van der Waals surface area (Å²) in [5, 5.41) is 3.27. The lowest BCUT2D eigenvalue weighted by molar-refractivity contribution is 0.106. The van der Waals surface area contributed by atoms with Gasteiger partial charge < -0.3 is 4.90 Å². The van der Waals surface area contributed by atoms with Crippen molar-refractivity contribution in [3.8, 4) is 0 Å². The van der Waals surface area contributed by atoms with Gasteiger partial charge >= 0.3 is 0 Å². The van der Waals surface area contributed by atoms with Crippen LogP contribution in [0.1, 0.15) is 30.6 Å². The molecule has 2 heterocycles. The molecule has 0 saturated carbocycles. The quantitative estimate of drug-likeness (QED) is 0.786. The molecular formula is C12H20ClN3S. The minimum absolute atomic E-state index is 0.427. The molecule has 1 atom stereocenters. The first-order valence-corrected chi connectivity index (χ1v) is 7.62. The maximum Gasteiger partial charge on any atom is 0.110 e. The van der Waals surface area contributed by atoms with Crippen molar-refractivity contribution in [1.82, 2.24) is 14.8 Å². The third kappa shape index (κ3) is 3.19. The van der Waals surface area contributed by atoms with Crippen molar-refractivity contribution in [3.05, 3.63) is 16.1 Å². The van der Waals surface area contributed by atoms with Crippen LogP contribution in [0.25, 0.3) is 0 Å². The van der Waals surface area contributed by atoms with Crippen molar-refractivity contribution in [2.45, 2.75) is 25.8 Å². The molecule has 1 aliphatic heterocycles. The molecule has 3 nitrogen and oxygen atoms in total. The van der Waals surface area contributed by atoms with Crippen LogP contribution in [0.4, 0.5) is 0 Å². The molecule has 96 valence electrons. The Morgan fingerprint density at radius 2 is 2.12 bits per heavy atom. The van der Waals surface area contributed by atoms with Gasteiger partial charge in [0, 0.05) is 31.6 Å². The minimum Gasteiger partial charge on any atom is -0.301 e. The molecule has 1 aromatic rings. The van der Waals surface area contributed by atoms with Gasteiger partial charge in [-0.1, -0.05) is 6.92 Å². The number of hydrogen-bond donors (Lipinski definition) is 0. The molecule has 0 amide bonds. The summed E-state index contributed by atoms with van der Waals surface area (Å²) in [5.74, 6) is 0.521. The number of alkyl halides is 1. The molecule has 0 radical (unpaired) electrons. The van der Waals surface area contributed by atoms with Crippen LogP contribution in [0, 0.1) is 0 Å². The van der Waals surface area contributed by atoms with E-state index < -0.39 is 0 Å². The van der Waals surface area contributed by atoms with Gasteiger partial charge in [-0.2, -0.15) is 0 Å². The van der Waals surface area contributed by atoms with E-state index in [1.165, 1.54) is 18.1 Å². The third-order valence-corrected chi connectivity index (χ3v) is 4.80. The van der Waals surface area contributed by atoms with E-state index in [1.54, 1.807) is 11.3 Å². The van der Waals surface area contributed by atoms with Crippen LogP contribution in [-0.4, -0.2) is 47.5 Å². The lowest BCUT2D eigenvalue weighted by Gasteiger charge is -2.36. The number of hydrogen-bond acceptors (Lipinski definition) is 4. The number of aromatic nitrogens is 1. The van der Waals surface area contributed by atoms with Crippen LogP contribution >= 0.6 is 22.9 Å². The highest BCUT2D eigenvalue weighted by Gasteiger charge is 2.22. The third-order valence-electron chi connectivity index (χ3n) is 3.47. The molecular weight excluding hydrogens is 254 g/mol. The van der Waals surface area contributed by atoms with E-state index in [1.807, 2.05) is 0 Å². The summed E-state index contributed by atoms with van der Waals surface area (Å²) < 4.78 is 0. The number of halogens is 1. The van der Waals surface area contributed by atoms with E-state index in [0.717, 1.165) is 25.3 Å². The molecule has 0 N–H and O–H groups in total. The van der Waals surface area contributed by atoms with Crippen LogP contribution < -0.4 is 0 Å². The van der Waals surface area contributed by atoms with Crippen LogP contribution in [0.3, 0.4) is 0 Å². The Morgan fingerprint density at radius 3 is 2.65 bits per heavy atom. The highest BCUT2D eigenvalue weighted by atomic mass is 35.5. The van der Waals surface area contributed by atoms with Gasteiger partial charge in [0.1, 0.15) is 5.01 Å². The average molecular weight is 274 g/mol. The fourth-order valence-electron chi connectivity index (χ4n) is 2.20. The van der Waals surface area contributed by atoms with E-state index in [-0.39, 0.29) is 0 Å². The van der Waals surface area contributed by atoms with E-state index >= 15 is 0 Å². The summed E-state index contributed by atoms with van der Waals surface area (Å²) in [7, 11) is 0. The van der Waals surface area contributed by atoms with Crippen molar-refractivity contribution in [2.24, 2.45) is 0 Å². The number of likely N-dealkylation sites (N-methyl/N-ethyl adjacent to an activating group) is 1. The van der Waals surface area contributed by atoms with Gasteiger partial charge in [0.25, 0.3) is 0 Å². The van der Waals surface area contributed by atoms with Gasteiger partial charge in [-0.3, -0.25) is 4.90 Å². The van der Waals surface area contributed by atoms with Gasteiger partial charge in [-0.15, -0.1) is 22.9 Å². The van der Waals surface area contributed by atoms with E-state index in [0.29, 0.717) is 11.9 Å². The molecule has 5 heteroatoms. The molecule has 0 aromatic carbocycles. The standard InChI is InChI=1S/C12H20ClN3S/c1-3-15-4-6-16(7-5-15)10(2)12-14-11(8-13)9-17-12/h9-10H,3-8H2,1-2H3. The first-order valence-electron chi connectivity index (χ1n) is 6.21. The van der Waals surface area contributed by atoms with E-state index in [2.05, 4.69) is 34.0 Å². The zero-order chi connectivity index (χ0) is 12.3. The fourth-order valence-corrected chi connectivity index (χ4v) is 3.34. The first-order chi connectivity index (χ1) is 8.24. The number of piperazine rings is 1. The van der Waals surface area contributed by atoms with Crippen LogP contribution in [-0.2, 0) is 5.88 Å². The monoisotopic (exact) mass is 273 g/mol. The van der Waals surface area contributed by atoms with Crippen molar-refractivity contribution in [2.75, 3.05) is 32.7 Å². The highest BCUT2D eigenvalue weighted by molar-refractivity contribution is 7.09. The van der Waals surface area contributed by atoms with Crippen LogP contribution in [0.2, 0.25) is 0 Å². The predicted octanol–water partition coefficient (Wildman–Crippen LogP) is 2.58. The van der Waals surface area contributed by atoms with Crippen LogP contribution in [0.5, 0.6) is 0 Å². The normalized spacial score (nSPS) is 20.6. The summed E-state index contributed by atoms with van der Waals surface area (Å²) >= 11 is 7.52. The number of nitrogens with zero attached hydrogens (tertiary/aromatic N) is 3. The SMILES string of the molecule is CCN1CCN(C(C)c2nc(CCl)cs2)CC1. The Kier molecular flexibility index (Phi) is 4.79. The summed E-state index contributed by atoms with van der Waals surface area (Å²) in [4.78, 5) is 9.59. The molecule has 1 unspecified atom stereocenters. The molecule has 0 bridgehead atoms. The maximum absolute atomic E-state index is 5.79. The van der Waals surface area contributed by atoms with Gasteiger partial charge in [0.05, 0.1) is 17.6 Å². The molecule has 1 saturated heterocycles. The Morgan fingerprint density at radius 1 is 1.41 bits per heavy atom. The first kappa shape index (κ1) is 13.3. The summed E-state index contributed by atoms with van der Waals surface area (Å²) in [5.41, 5.74) is 1.01. The fraction of sp³-hybridized carbons (Fsp3) is 0.750. The number of thiazole rings is 1. The molecule has 0 spiro atoms. The molecule has 0 aliphatic carbocycles. The largest absolute Gasteiger partial charge is 0.301 e. The summed E-state index contributed by atoms with van der Waals surface area (Å²) in [6.07, 6.45) is 0. The molecule has 17 heavy (non-hydrogen) atoms. The van der Waals surface area contributed by atoms with Crippen molar-refractivity contribution >= 4 is 22.9 Å². The van der Waals surface area contributed by atoms with Gasteiger partial charge in [0.2, 0.25) is 0 Å². The van der Waals surface area contributed by atoms with Crippen molar-refractivity contribution in [1.29, 1.82) is 0 Å². The zero-order valence-electron chi connectivity index (χ0n) is 10.5. The Balaban J connectivity index is 1.94. The van der Waals surface area contributed by atoms with Gasteiger partial charge in [-0.05, 0) is 13.5 Å². The number of rotatable bonds is 4. The van der Waals surface area contributed by atoms with Gasteiger partial charge in [-0.25, -0.2) is 4.98 Å². The lowest BCUT2D eigenvalue weighted by Crippen LogP contribution is -2.46. The van der Waals surface area contributed by atoms with Gasteiger partial charge in [0.15, 0.2) is 0 Å². The Bertz CT molecular complexity index is 347. The van der Waals surface area contributed by atoms with Crippen molar-refractivity contribution < 1.29 is 0 Å². The second kappa shape index (κ2) is 6.14. The Hall–Kier alpha value is -0.160. The molecule has 1 fully saturated rings. The lowest BCUT2D eigenvalue weighted by atomic mass is 10.2. The predicted molar refractivity (Wildman–Crippen MR) is 73.8 cm³/mol. The minimum atomic E-state index is 0.427. The maximum atomic E-state index is 5.79. The summed E-state index contributed by atoms with van der Waals surface area (Å²) in [6, 6.07) is 0.427. The molecule has 2 rings (SSSR count). The van der Waals surface area contributed by atoms with E-state index in [9.17, 15) is 0 Å². The van der Waals surface area contributed by atoms with E-state index in [4.69, 9.17) is 11.6 Å². The van der Waals surface area contributed by atoms with Crippen molar-refractivity contribution in [3.63, 3.8) is 0 Å². The Labute approximate surface area is 112 Å². The second-order valence-electron chi connectivity index (χ2n) is 4.46.